The van der Waals surface area contributed by atoms with Crippen LogP contribution in [-0.2, 0) is 4.79 Å². The first kappa shape index (κ1) is 20.8. The van der Waals surface area contributed by atoms with E-state index in [-0.39, 0.29) is 5.91 Å². The van der Waals surface area contributed by atoms with Crippen LogP contribution in [0, 0.1) is 0 Å². The van der Waals surface area contributed by atoms with E-state index in [9.17, 15) is 4.79 Å². The summed E-state index contributed by atoms with van der Waals surface area (Å²) in [4.78, 5) is 17.4. The third kappa shape index (κ3) is 4.65. The second-order valence-corrected chi connectivity index (χ2v) is 9.82. The van der Waals surface area contributed by atoms with Crippen molar-refractivity contribution >= 4 is 11.6 Å². The zero-order chi connectivity index (χ0) is 22.2. The van der Waals surface area contributed by atoms with Gasteiger partial charge in [-0.25, -0.2) is 0 Å². The fourth-order valence-electron chi connectivity index (χ4n) is 4.98. The monoisotopic (exact) mass is 444 g/mol. The van der Waals surface area contributed by atoms with Gasteiger partial charge in [-0.15, -0.1) is 0 Å². The van der Waals surface area contributed by atoms with Crippen molar-refractivity contribution in [1.29, 1.82) is 0 Å². The number of carbonyl (C=O) groups is 1. The van der Waals surface area contributed by atoms with Crippen molar-refractivity contribution in [2.24, 2.45) is 0 Å². The predicted octanol–water partition coefficient (Wildman–Crippen LogP) is 5.23. The Balaban J connectivity index is 1.10. The van der Waals surface area contributed by atoms with Crippen molar-refractivity contribution in [3.63, 3.8) is 0 Å². The van der Waals surface area contributed by atoms with Crippen LogP contribution in [0.4, 0.5) is 5.69 Å². The number of hydrogen-bond donors (Lipinski definition) is 0. The maximum Gasteiger partial charge on any atom is 0.294 e. The van der Waals surface area contributed by atoms with Crippen LogP contribution >= 0.6 is 0 Å². The summed E-state index contributed by atoms with van der Waals surface area (Å²) in [5.74, 6) is 3.31. The summed E-state index contributed by atoms with van der Waals surface area (Å²) < 4.78 is 12.1. The molecule has 5 heteroatoms. The number of hydrogen-bond acceptors (Lipinski definition) is 4. The Morgan fingerprint density at radius 3 is 2.39 bits per heavy atom. The molecule has 0 spiro atoms. The minimum absolute atomic E-state index is 0.0780. The first-order chi connectivity index (χ1) is 16.2. The standard InChI is InChI=1S/C28H32N2O3/c31-28-27(33-24-10-7-21(8-11-24)20-3-4-20)13-16-30(28)23-9-12-26(25(19-23)22-5-6-22)32-18-17-29-14-1-2-15-29/h7-13,19-20,22H,1-6,14-18H2. The highest BCUT2D eigenvalue weighted by molar-refractivity contribution is 6.07. The summed E-state index contributed by atoms with van der Waals surface area (Å²) in [5.41, 5.74) is 3.53. The summed E-state index contributed by atoms with van der Waals surface area (Å²) in [6.07, 6.45) is 9.45. The lowest BCUT2D eigenvalue weighted by atomic mass is 10.1. The largest absolute Gasteiger partial charge is 0.492 e. The maximum atomic E-state index is 13.1. The van der Waals surface area contributed by atoms with Gasteiger partial charge >= 0.3 is 0 Å². The molecule has 0 unspecified atom stereocenters. The topological polar surface area (TPSA) is 42.0 Å². The highest BCUT2D eigenvalue weighted by Crippen LogP contribution is 2.46. The molecule has 6 rings (SSSR count). The second kappa shape index (κ2) is 8.86. The molecule has 5 nitrogen and oxygen atoms in total. The molecule has 0 bridgehead atoms. The van der Waals surface area contributed by atoms with E-state index >= 15 is 0 Å². The van der Waals surface area contributed by atoms with E-state index in [1.807, 2.05) is 24.3 Å². The van der Waals surface area contributed by atoms with Crippen molar-refractivity contribution in [3.8, 4) is 11.5 Å². The lowest BCUT2D eigenvalue weighted by molar-refractivity contribution is -0.116. The van der Waals surface area contributed by atoms with Crippen LogP contribution in [0.2, 0.25) is 0 Å². The normalized spacial score (nSPS) is 20.9. The molecule has 33 heavy (non-hydrogen) atoms. The quantitative estimate of drug-likeness (QED) is 0.531. The van der Waals surface area contributed by atoms with Crippen molar-refractivity contribution in [3.05, 3.63) is 65.4 Å². The van der Waals surface area contributed by atoms with Gasteiger partial charge in [-0.2, -0.15) is 0 Å². The lowest BCUT2D eigenvalue weighted by Gasteiger charge is -2.20. The molecule has 2 aromatic carbocycles. The summed E-state index contributed by atoms with van der Waals surface area (Å²) in [5, 5.41) is 0. The maximum absolute atomic E-state index is 13.1. The van der Waals surface area contributed by atoms with Crippen LogP contribution in [-0.4, -0.2) is 43.6 Å². The third-order valence-electron chi connectivity index (χ3n) is 7.26. The highest BCUT2D eigenvalue weighted by atomic mass is 16.5. The molecule has 0 N–H and O–H groups in total. The Hall–Kier alpha value is -2.79. The number of ether oxygens (including phenoxy) is 2. The summed E-state index contributed by atoms with van der Waals surface area (Å²) >= 11 is 0. The Morgan fingerprint density at radius 1 is 0.909 bits per heavy atom. The number of anilines is 1. The SMILES string of the molecule is O=C1C(Oc2ccc(C3CC3)cc2)=CCN1c1ccc(OCCN2CCCC2)c(C2CC2)c1. The summed E-state index contributed by atoms with van der Waals surface area (Å²) in [6.45, 7) is 4.63. The molecule has 1 saturated heterocycles. The van der Waals surface area contributed by atoms with E-state index < -0.39 is 0 Å². The summed E-state index contributed by atoms with van der Waals surface area (Å²) in [6, 6.07) is 14.4. The number of carbonyl (C=O) groups excluding carboxylic acids is 1. The van der Waals surface area contributed by atoms with E-state index in [1.54, 1.807) is 4.90 Å². The van der Waals surface area contributed by atoms with Gasteiger partial charge in [0, 0.05) is 18.8 Å². The van der Waals surface area contributed by atoms with Gasteiger partial charge in [-0.3, -0.25) is 9.69 Å². The molecule has 2 saturated carbocycles. The number of benzene rings is 2. The van der Waals surface area contributed by atoms with Crippen LogP contribution in [0.3, 0.4) is 0 Å². The Labute approximate surface area is 196 Å². The lowest BCUT2D eigenvalue weighted by Crippen LogP contribution is -2.28. The van der Waals surface area contributed by atoms with Crippen molar-refractivity contribution in [2.45, 2.75) is 50.4 Å². The fourth-order valence-corrected chi connectivity index (χ4v) is 4.98. The van der Waals surface area contributed by atoms with Gasteiger partial charge < -0.3 is 14.4 Å². The zero-order valence-electron chi connectivity index (χ0n) is 19.2. The number of nitrogens with zero attached hydrogens (tertiary/aromatic N) is 2. The van der Waals surface area contributed by atoms with E-state index in [2.05, 4.69) is 29.2 Å². The van der Waals surface area contributed by atoms with Gasteiger partial charge in [0.2, 0.25) is 0 Å². The molecule has 0 radical (unpaired) electrons. The Morgan fingerprint density at radius 2 is 1.67 bits per heavy atom. The first-order valence-corrected chi connectivity index (χ1v) is 12.5. The molecule has 172 valence electrons. The van der Waals surface area contributed by atoms with Gasteiger partial charge in [0.25, 0.3) is 5.91 Å². The van der Waals surface area contributed by atoms with Crippen molar-refractivity contribution < 1.29 is 14.3 Å². The number of likely N-dealkylation sites (tertiary alicyclic amines) is 1. The van der Waals surface area contributed by atoms with Crippen LogP contribution in [0.15, 0.2) is 54.3 Å². The van der Waals surface area contributed by atoms with Gasteiger partial charge in [0.15, 0.2) is 5.76 Å². The molecule has 2 heterocycles. The average Bonchev–Trinajstić information content (AvgIpc) is 3.77. The molecule has 4 aliphatic rings. The zero-order valence-corrected chi connectivity index (χ0v) is 19.2. The third-order valence-corrected chi connectivity index (χ3v) is 7.26. The molecule has 0 aromatic heterocycles. The van der Waals surface area contributed by atoms with Crippen LogP contribution in [0.5, 0.6) is 11.5 Å². The van der Waals surface area contributed by atoms with Gasteiger partial charge in [0.1, 0.15) is 18.1 Å². The molecule has 2 aliphatic carbocycles. The van der Waals surface area contributed by atoms with Gasteiger partial charge in [-0.1, -0.05) is 12.1 Å². The number of amides is 1. The van der Waals surface area contributed by atoms with E-state index in [4.69, 9.17) is 9.47 Å². The minimum Gasteiger partial charge on any atom is -0.492 e. The summed E-state index contributed by atoms with van der Waals surface area (Å²) in [7, 11) is 0. The van der Waals surface area contributed by atoms with Crippen LogP contribution < -0.4 is 14.4 Å². The van der Waals surface area contributed by atoms with Crippen LogP contribution in [0.1, 0.15) is 61.5 Å². The Bertz CT molecular complexity index is 1050. The molecular weight excluding hydrogens is 412 g/mol. The predicted molar refractivity (Wildman–Crippen MR) is 129 cm³/mol. The average molecular weight is 445 g/mol. The smallest absolute Gasteiger partial charge is 0.294 e. The highest BCUT2D eigenvalue weighted by Gasteiger charge is 2.31. The number of rotatable bonds is 9. The van der Waals surface area contributed by atoms with Crippen LogP contribution in [0.25, 0.3) is 0 Å². The van der Waals surface area contributed by atoms with E-state index in [0.717, 1.165) is 36.3 Å². The molecule has 2 aliphatic heterocycles. The minimum atomic E-state index is -0.0780. The molecule has 0 atom stereocenters. The van der Waals surface area contributed by atoms with E-state index in [1.165, 1.54) is 62.7 Å². The van der Waals surface area contributed by atoms with Gasteiger partial charge in [0.05, 0.1) is 0 Å². The second-order valence-electron chi connectivity index (χ2n) is 9.82. The van der Waals surface area contributed by atoms with Gasteiger partial charge in [-0.05, 0) is 111 Å². The van der Waals surface area contributed by atoms with Crippen molar-refractivity contribution in [1.82, 2.24) is 4.90 Å². The molecule has 2 aromatic rings. The fraction of sp³-hybridized carbons (Fsp3) is 0.464. The first-order valence-electron chi connectivity index (χ1n) is 12.5. The molecular formula is C28H32N2O3. The Kier molecular flexibility index (Phi) is 5.58. The van der Waals surface area contributed by atoms with E-state index in [0.29, 0.717) is 18.2 Å². The van der Waals surface area contributed by atoms with Crippen molar-refractivity contribution in [2.75, 3.05) is 37.7 Å². The molecule has 3 fully saturated rings. The molecule has 1 amide bonds.